The van der Waals surface area contributed by atoms with Crippen molar-refractivity contribution in [2.45, 2.75) is 90.3 Å². The molecule has 11 heteroatoms. The molecule has 3 aromatic rings. The van der Waals surface area contributed by atoms with Crippen molar-refractivity contribution < 1.29 is 31.1 Å². The van der Waals surface area contributed by atoms with Gasteiger partial charge in [-0.2, -0.15) is 31.6 Å². The Morgan fingerprint density at radius 1 is 0.889 bits per heavy atom. The number of alkyl halides is 6. The van der Waals surface area contributed by atoms with Crippen molar-refractivity contribution in [1.82, 2.24) is 9.88 Å². The van der Waals surface area contributed by atoms with Gasteiger partial charge in [0.05, 0.1) is 28.9 Å². The molecule has 1 fully saturated rings. The zero-order valence-corrected chi connectivity index (χ0v) is 25.8. The lowest BCUT2D eigenvalue weighted by molar-refractivity contribution is -0.138. The zero-order chi connectivity index (χ0) is 33.0. The second-order valence-electron chi connectivity index (χ2n) is 11.2. The highest BCUT2D eigenvalue weighted by atomic mass is 19.4. The van der Waals surface area contributed by atoms with E-state index in [9.17, 15) is 26.3 Å². The monoisotopic (exact) mass is 634 g/mol. The van der Waals surface area contributed by atoms with Crippen LogP contribution in [0.1, 0.15) is 80.3 Å². The van der Waals surface area contributed by atoms with Crippen LogP contribution in [0.4, 0.5) is 32.0 Å². The van der Waals surface area contributed by atoms with E-state index >= 15 is 0 Å². The first kappa shape index (κ1) is 35.7. The van der Waals surface area contributed by atoms with E-state index in [0.717, 1.165) is 93.4 Å². The van der Waals surface area contributed by atoms with Crippen LogP contribution in [0.15, 0.2) is 60.8 Å². The summed E-state index contributed by atoms with van der Waals surface area (Å²) in [5.41, 5.74) is 0.367. The molecular weight excluding hydrogens is 594 g/mol. The van der Waals surface area contributed by atoms with Crippen molar-refractivity contribution >= 4 is 5.69 Å². The molecule has 0 radical (unpaired) electrons. The molecule has 0 aliphatic heterocycles. The first-order chi connectivity index (χ1) is 21.3. The molecule has 1 aromatic heterocycles. The van der Waals surface area contributed by atoms with Gasteiger partial charge in [0, 0.05) is 36.2 Å². The van der Waals surface area contributed by atoms with Gasteiger partial charge < -0.3 is 10.1 Å². The van der Waals surface area contributed by atoms with Crippen LogP contribution in [0.25, 0.3) is 0 Å². The maximum Gasteiger partial charge on any atom is 0.417 e. The van der Waals surface area contributed by atoms with E-state index in [4.69, 9.17) is 10.00 Å². The normalized spacial score (nSPS) is 16.8. The first-order valence-corrected chi connectivity index (χ1v) is 15.2. The molecule has 1 aliphatic rings. The number of aryl methyl sites for hydroxylation is 1. The van der Waals surface area contributed by atoms with Gasteiger partial charge >= 0.3 is 12.4 Å². The van der Waals surface area contributed by atoms with Crippen molar-refractivity contribution in [2.75, 3.05) is 18.4 Å². The number of halogens is 6. The molecule has 5 nitrogen and oxygen atoms in total. The molecular formula is C34H40F6N4O. The third-order valence-electron chi connectivity index (χ3n) is 7.43. The molecule has 1 aliphatic carbocycles. The zero-order valence-electron chi connectivity index (χ0n) is 25.8. The second-order valence-corrected chi connectivity index (χ2v) is 11.2. The number of hydrogen-bond donors (Lipinski definition) is 1. The van der Waals surface area contributed by atoms with Gasteiger partial charge in [0.1, 0.15) is 5.75 Å². The van der Waals surface area contributed by atoms with Gasteiger partial charge in [0.2, 0.25) is 0 Å². The predicted molar refractivity (Wildman–Crippen MR) is 163 cm³/mol. The summed E-state index contributed by atoms with van der Waals surface area (Å²) in [6.45, 7) is 8.80. The topological polar surface area (TPSA) is 61.2 Å². The summed E-state index contributed by atoms with van der Waals surface area (Å²) in [7, 11) is 0. The van der Waals surface area contributed by atoms with Gasteiger partial charge in [-0.3, -0.25) is 9.88 Å². The lowest BCUT2D eigenvalue weighted by atomic mass is 9.92. The van der Waals surface area contributed by atoms with E-state index in [1.165, 1.54) is 12.1 Å². The van der Waals surface area contributed by atoms with E-state index in [-0.39, 0.29) is 17.7 Å². The first-order valence-electron chi connectivity index (χ1n) is 15.2. The Kier molecular flexibility index (Phi) is 13.1. The highest BCUT2D eigenvalue weighted by Crippen LogP contribution is 2.34. The second kappa shape index (κ2) is 16.5. The van der Waals surface area contributed by atoms with E-state index in [2.05, 4.69) is 29.0 Å². The Hall–Kier alpha value is -3.78. The maximum absolute atomic E-state index is 13.1. The summed E-state index contributed by atoms with van der Waals surface area (Å²) in [6.07, 6.45) is -1.63. The van der Waals surface area contributed by atoms with Crippen molar-refractivity contribution in [3.05, 3.63) is 88.7 Å². The van der Waals surface area contributed by atoms with E-state index in [1.54, 1.807) is 24.4 Å². The highest BCUT2D eigenvalue weighted by molar-refractivity contribution is 5.53. The molecule has 0 unspecified atom stereocenters. The number of anilines is 1. The summed E-state index contributed by atoms with van der Waals surface area (Å²) in [5.74, 6) is 0.792. The van der Waals surface area contributed by atoms with Gasteiger partial charge in [-0.25, -0.2) is 0 Å². The fourth-order valence-electron chi connectivity index (χ4n) is 5.27. The molecule has 4 rings (SSSR count). The smallest absolute Gasteiger partial charge is 0.417 e. The minimum Gasteiger partial charge on any atom is -0.490 e. The third kappa shape index (κ3) is 11.6. The molecule has 244 valence electrons. The van der Waals surface area contributed by atoms with Crippen LogP contribution in [0, 0.1) is 18.3 Å². The number of nitrogens with zero attached hydrogens (tertiary/aromatic N) is 3. The summed E-state index contributed by atoms with van der Waals surface area (Å²) in [5, 5.41) is 12.0. The van der Waals surface area contributed by atoms with Crippen LogP contribution in [0.3, 0.4) is 0 Å². The van der Waals surface area contributed by atoms with Gasteiger partial charge in [-0.1, -0.05) is 26.0 Å². The molecule has 1 saturated carbocycles. The summed E-state index contributed by atoms with van der Waals surface area (Å²) < 4.78 is 82.5. The minimum atomic E-state index is -4.54. The maximum atomic E-state index is 13.1. The van der Waals surface area contributed by atoms with Crippen LogP contribution in [0.2, 0.25) is 0 Å². The number of pyridine rings is 1. The Balaban J connectivity index is 0.000000268. The van der Waals surface area contributed by atoms with Crippen LogP contribution < -0.4 is 10.1 Å². The molecule has 0 atom stereocenters. The van der Waals surface area contributed by atoms with Gasteiger partial charge in [0.25, 0.3) is 0 Å². The highest BCUT2D eigenvalue weighted by Gasteiger charge is 2.34. The summed E-state index contributed by atoms with van der Waals surface area (Å²) >= 11 is 0. The van der Waals surface area contributed by atoms with Crippen LogP contribution >= 0.6 is 0 Å². The standard InChI is InChI=1S/C20H20F3N3O.C14H20F3N/c1-13-10-18(8-9-25-13)27-17-6-4-15(5-7-17)26-16-3-2-14(12-24)19(11-16)20(21,22)23;1-3-9-18(10-4-2)11-12-5-7-13(8-6-12)14(15,16)17/h2-3,8-11,15,17,26H,4-7H2,1H3;5-8H,3-4,9-11H2,1-2H3. The third-order valence-corrected chi connectivity index (χ3v) is 7.43. The minimum absolute atomic E-state index is 0.0815. The summed E-state index contributed by atoms with van der Waals surface area (Å²) in [4.78, 5) is 6.40. The number of nitriles is 1. The van der Waals surface area contributed by atoms with Gasteiger partial charge in [0.15, 0.2) is 0 Å². The molecule has 0 spiro atoms. The molecule has 0 saturated heterocycles. The number of rotatable bonds is 10. The van der Waals surface area contributed by atoms with Gasteiger partial charge in [-0.05, 0) is 100 Å². The molecule has 0 bridgehead atoms. The Morgan fingerprint density at radius 3 is 2.07 bits per heavy atom. The predicted octanol–water partition coefficient (Wildman–Crippen LogP) is 9.41. The fourth-order valence-corrected chi connectivity index (χ4v) is 5.27. The van der Waals surface area contributed by atoms with Gasteiger partial charge in [-0.15, -0.1) is 0 Å². The van der Waals surface area contributed by atoms with Crippen molar-refractivity contribution in [3.8, 4) is 11.8 Å². The van der Waals surface area contributed by atoms with Crippen molar-refractivity contribution in [2.24, 2.45) is 0 Å². The SMILES string of the molecule is CCCN(CCC)Cc1ccc(C(F)(F)F)cc1.Cc1cc(OC2CCC(Nc3ccc(C#N)c(C(F)(F)F)c3)CC2)ccn1. The average molecular weight is 635 g/mol. The number of hydrogen-bond acceptors (Lipinski definition) is 5. The number of aromatic nitrogens is 1. The molecule has 45 heavy (non-hydrogen) atoms. The molecule has 2 aromatic carbocycles. The quantitative estimate of drug-likeness (QED) is 0.225. The summed E-state index contributed by atoms with van der Waals surface area (Å²) in [6, 6.07) is 14.6. The average Bonchev–Trinajstić information content (AvgIpc) is 2.98. The molecule has 0 amide bonds. The number of nitrogens with one attached hydrogen (secondary N) is 1. The largest absolute Gasteiger partial charge is 0.490 e. The van der Waals surface area contributed by atoms with E-state index in [0.29, 0.717) is 5.69 Å². The lowest BCUT2D eigenvalue weighted by Gasteiger charge is -2.30. The van der Waals surface area contributed by atoms with Crippen molar-refractivity contribution in [1.29, 1.82) is 5.26 Å². The van der Waals surface area contributed by atoms with Crippen LogP contribution in [-0.4, -0.2) is 35.1 Å². The molecule has 1 N–H and O–H groups in total. The number of benzene rings is 2. The Morgan fingerprint density at radius 2 is 1.53 bits per heavy atom. The van der Waals surface area contributed by atoms with E-state index in [1.807, 2.05) is 19.1 Å². The number of ether oxygens (including phenoxy) is 1. The van der Waals surface area contributed by atoms with Crippen LogP contribution in [0.5, 0.6) is 5.75 Å². The Bertz CT molecular complexity index is 1370. The fraction of sp³-hybridized carbons (Fsp3) is 0.471. The Labute approximate surface area is 261 Å². The molecule has 1 heterocycles. The lowest BCUT2D eigenvalue weighted by Crippen LogP contribution is -2.31. The van der Waals surface area contributed by atoms with Crippen LogP contribution in [-0.2, 0) is 18.9 Å². The van der Waals surface area contributed by atoms with Crippen molar-refractivity contribution in [3.63, 3.8) is 0 Å². The van der Waals surface area contributed by atoms with E-state index < -0.39 is 23.5 Å².